The average Bonchev–Trinajstić information content (AvgIpc) is 3.15. The standard InChI is InChI=1S/C25H23N3O6S/c1-32-21-12-17(6-7-20(21)34-16-19-5-3-2-4-18(19)14-26)13-22-24(30)28(25(31)35-22)15-23(29)27-8-10-33-11-9-27/h2-7,12-13H,8-11,15-16H2,1H3/b22-13-. The van der Waals surface area contributed by atoms with Gasteiger partial charge in [-0.2, -0.15) is 5.26 Å². The molecule has 0 atom stereocenters. The monoisotopic (exact) mass is 493 g/mol. The van der Waals surface area contributed by atoms with Crippen LogP contribution in [0.25, 0.3) is 6.08 Å². The number of hydrogen-bond acceptors (Lipinski definition) is 8. The molecule has 0 aliphatic carbocycles. The van der Waals surface area contributed by atoms with Gasteiger partial charge in [0.15, 0.2) is 11.5 Å². The Kier molecular flexibility index (Phi) is 7.70. The normalized spacial score (nSPS) is 17.0. The Labute approximate surface area is 206 Å². The molecule has 2 aromatic carbocycles. The van der Waals surface area contributed by atoms with Gasteiger partial charge in [-0.15, -0.1) is 0 Å². The molecule has 2 saturated heterocycles. The summed E-state index contributed by atoms with van der Waals surface area (Å²) in [7, 11) is 1.50. The molecule has 35 heavy (non-hydrogen) atoms. The van der Waals surface area contributed by atoms with Crippen molar-refractivity contribution < 1.29 is 28.6 Å². The van der Waals surface area contributed by atoms with Crippen LogP contribution >= 0.6 is 11.8 Å². The summed E-state index contributed by atoms with van der Waals surface area (Å²) in [5, 5.41) is 8.76. The fourth-order valence-corrected chi connectivity index (χ4v) is 4.48. The van der Waals surface area contributed by atoms with Gasteiger partial charge in [0.25, 0.3) is 11.1 Å². The number of nitrogens with zero attached hydrogens (tertiary/aromatic N) is 3. The summed E-state index contributed by atoms with van der Waals surface area (Å²) in [5.41, 5.74) is 1.92. The first-order chi connectivity index (χ1) is 17.0. The lowest BCUT2D eigenvalue weighted by Crippen LogP contribution is -2.46. The van der Waals surface area contributed by atoms with Crippen LogP contribution in [0.4, 0.5) is 4.79 Å². The number of morpholine rings is 1. The number of methoxy groups -OCH3 is 1. The second-order valence-electron chi connectivity index (χ2n) is 7.73. The summed E-state index contributed by atoms with van der Waals surface area (Å²) in [6, 6.07) is 14.4. The molecule has 2 aromatic rings. The Hall–Kier alpha value is -3.81. The molecule has 0 spiro atoms. The van der Waals surface area contributed by atoms with Crippen molar-refractivity contribution in [2.24, 2.45) is 0 Å². The highest BCUT2D eigenvalue weighted by Crippen LogP contribution is 2.35. The van der Waals surface area contributed by atoms with E-state index in [0.29, 0.717) is 48.9 Å². The lowest BCUT2D eigenvalue weighted by molar-refractivity contribution is -0.139. The second kappa shape index (κ2) is 11.1. The number of benzene rings is 2. The van der Waals surface area contributed by atoms with Crippen LogP contribution in [0.5, 0.6) is 11.5 Å². The molecule has 2 heterocycles. The zero-order chi connectivity index (χ0) is 24.8. The number of imide groups is 1. The Balaban J connectivity index is 1.45. The fourth-order valence-electron chi connectivity index (χ4n) is 3.64. The van der Waals surface area contributed by atoms with Crippen LogP contribution in [0, 0.1) is 11.3 Å². The number of carbonyl (C=O) groups is 3. The van der Waals surface area contributed by atoms with Crippen LogP contribution in [0.2, 0.25) is 0 Å². The second-order valence-corrected chi connectivity index (χ2v) is 8.72. The lowest BCUT2D eigenvalue weighted by atomic mass is 10.1. The van der Waals surface area contributed by atoms with Crippen molar-refractivity contribution in [2.75, 3.05) is 40.0 Å². The molecule has 0 N–H and O–H groups in total. The lowest BCUT2D eigenvalue weighted by Gasteiger charge is -2.28. The molecule has 0 bridgehead atoms. The van der Waals surface area contributed by atoms with Crippen LogP contribution in [0.1, 0.15) is 16.7 Å². The maximum Gasteiger partial charge on any atom is 0.294 e. The van der Waals surface area contributed by atoms with Gasteiger partial charge >= 0.3 is 0 Å². The predicted octanol–water partition coefficient (Wildman–Crippen LogP) is 3.04. The zero-order valence-corrected chi connectivity index (χ0v) is 19.9. The largest absolute Gasteiger partial charge is 0.493 e. The molecule has 0 saturated carbocycles. The van der Waals surface area contributed by atoms with E-state index in [9.17, 15) is 19.6 Å². The van der Waals surface area contributed by atoms with Crippen LogP contribution in [-0.2, 0) is 20.9 Å². The molecule has 4 rings (SSSR count). The van der Waals surface area contributed by atoms with Crippen molar-refractivity contribution in [3.63, 3.8) is 0 Å². The third-order valence-corrected chi connectivity index (χ3v) is 6.44. The summed E-state index contributed by atoms with van der Waals surface area (Å²) in [5.74, 6) is 0.128. The maximum atomic E-state index is 12.8. The molecule has 180 valence electrons. The van der Waals surface area contributed by atoms with Crippen LogP contribution < -0.4 is 9.47 Å². The third kappa shape index (κ3) is 5.65. The van der Waals surface area contributed by atoms with E-state index in [-0.39, 0.29) is 24.0 Å². The molecular formula is C25H23N3O6S. The highest BCUT2D eigenvalue weighted by molar-refractivity contribution is 8.18. The summed E-state index contributed by atoms with van der Waals surface area (Å²) >= 11 is 0.795. The van der Waals surface area contributed by atoms with Gasteiger partial charge in [0, 0.05) is 18.7 Å². The van der Waals surface area contributed by atoms with E-state index in [2.05, 4.69) is 6.07 Å². The predicted molar refractivity (Wildman–Crippen MR) is 129 cm³/mol. The van der Waals surface area contributed by atoms with Crippen molar-refractivity contribution in [1.29, 1.82) is 5.26 Å². The minimum atomic E-state index is -0.506. The van der Waals surface area contributed by atoms with Gasteiger partial charge in [0.1, 0.15) is 13.2 Å². The summed E-state index contributed by atoms with van der Waals surface area (Å²) in [4.78, 5) is 40.5. The van der Waals surface area contributed by atoms with Crippen molar-refractivity contribution in [1.82, 2.24) is 9.80 Å². The molecule has 2 fully saturated rings. The molecule has 2 aliphatic heterocycles. The SMILES string of the molecule is COc1cc(/C=C2\SC(=O)N(CC(=O)N3CCOCC3)C2=O)ccc1OCc1ccccc1C#N. The Morgan fingerprint density at radius 3 is 2.69 bits per heavy atom. The Morgan fingerprint density at radius 1 is 1.17 bits per heavy atom. The summed E-state index contributed by atoms with van der Waals surface area (Å²) < 4.78 is 16.5. The molecular weight excluding hydrogens is 470 g/mol. The van der Waals surface area contributed by atoms with Gasteiger partial charge < -0.3 is 19.1 Å². The van der Waals surface area contributed by atoms with Gasteiger partial charge in [-0.05, 0) is 41.6 Å². The number of thioether (sulfide) groups is 1. The maximum absolute atomic E-state index is 12.8. The Bertz CT molecular complexity index is 1220. The van der Waals surface area contributed by atoms with Gasteiger partial charge in [0.05, 0.1) is 36.9 Å². The number of hydrogen-bond donors (Lipinski definition) is 0. The highest BCUT2D eigenvalue weighted by atomic mass is 32.2. The molecule has 2 aliphatic rings. The number of carbonyl (C=O) groups excluding carboxylic acids is 3. The van der Waals surface area contributed by atoms with E-state index in [1.165, 1.54) is 7.11 Å². The first-order valence-corrected chi connectivity index (χ1v) is 11.7. The first-order valence-electron chi connectivity index (χ1n) is 10.9. The molecule has 9 nitrogen and oxygen atoms in total. The van der Waals surface area contributed by atoms with Crippen molar-refractivity contribution in [3.8, 4) is 17.6 Å². The topological polar surface area (TPSA) is 109 Å². The van der Waals surface area contributed by atoms with Crippen LogP contribution in [-0.4, -0.2) is 66.8 Å². The van der Waals surface area contributed by atoms with Crippen molar-refractivity contribution >= 4 is 34.9 Å². The van der Waals surface area contributed by atoms with E-state index in [0.717, 1.165) is 22.2 Å². The summed E-state index contributed by atoms with van der Waals surface area (Å²) in [6.45, 7) is 1.68. The van der Waals surface area contributed by atoms with E-state index < -0.39 is 11.1 Å². The van der Waals surface area contributed by atoms with Gasteiger partial charge in [-0.25, -0.2) is 0 Å². The van der Waals surface area contributed by atoms with E-state index in [1.54, 1.807) is 41.3 Å². The van der Waals surface area contributed by atoms with E-state index >= 15 is 0 Å². The molecule has 0 aromatic heterocycles. The minimum Gasteiger partial charge on any atom is -0.493 e. The minimum absolute atomic E-state index is 0.190. The van der Waals surface area contributed by atoms with Crippen LogP contribution in [0.15, 0.2) is 47.4 Å². The third-order valence-electron chi connectivity index (χ3n) is 5.54. The average molecular weight is 494 g/mol. The number of ether oxygens (including phenoxy) is 3. The van der Waals surface area contributed by atoms with Gasteiger partial charge in [0.2, 0.25) is 5.91 Å². The van der Waals surface area contributed by atoms with Crippen LogP contribution in [0.3, 0.4) is 0 Å². The number of rotatable bonds is 7. The zero-order valence-electron chi connectivity index (χ0n) is 19.1. The molecule has 3 amide bonds. The first kappa shape index (κ1) is 24.3. The molecule has 0 radical (unpaired) electrons. The fraction of sp³-hybridized carbons (Fsp3) is 0.280. The van der Waals surface area contributed by atoms with Crippen molar-refractivity contribution in [2.45, 2.75) is 6.61 Å². The number of nitriles is 1. The van der Waals surface area contributed by atoms with Gasteiger partial charge in [-0.3, -0.25) is 19.3 Å². The quantitative estimate of drug-likeness (QED) is 0.542. The number of amides is 3. The molecule has 10 heteroatoms. The summed E-state index contributed by atoms with van der Waals surface area (Å²) in [6.07, 6.45) is 1.58. The van der Waals surface area contributed by atoms with E-state index in [4.69, 9.17) is 14.2 Å². The molecule has 0 unspecified atom stereocenters. The van der Waals surface area contributed by atoms with E-state index in [1.807, 2.05) is 12.1 Å². The smallest absolute Gasteiger partial charge is 0.294 e. The highest BCUT2D eigenvalue weighted by Gasteiger charge is 2.37. The van der Waals surface area contributed by atoms with Gasteiger partial charge in [-0.1, -0.05) is 24.3 Å². The Morgan fingerprint density at radius 2 is 1.94 bits per heavy atom. The van der Waals surface area contributed by atoms with Crippen molar-refractivity contribution in [3.05, 3.63) is 64.1 Å².